The van der Waals surface area contributed by atoms with Crippen molar-refractivity contribution in [2.45, 2.75) is 45.4 Å². The van der Waals surface area contributed by atoms with Crippen molar-refractivity contribution in [1.82, 2.24) is 14.8 Å². The standard InChI is InChI=1S/C28H28FN3O4S/c1-2-19-5-3-7-23-20(16-31(26(19)23)17-25(33)30-14-22-6-4-12-36-22)13-24-27(34)32(28(35)37-24)15-18-8-10-21(29)11-9-18/h3,5,7-11,13,16,22H,2,4,6,12,14-15,17H2,1H3,(H,30,33)/b24-13-/t22-/m0/s1. The predicted octanol–water partition coefficient (Wildman–Crippen LogP) is 4.87. The number of rotatable bonds is 8. The Hall–Kier alpha value is -3.43. The van der Waals surface area contributed by atoms with Crippen LogP contribution in [-0.2, 0) is 33.8 Å². The maximum Gasteiger partial charge on any atom is 0.293 e. The lowest BCUT2D eigenvalue weighted by Crippen LogP contribution is -2.34. The lowest BCUT2D eigenvalue weighted by atomic mass is 10.1. The normalized spacial score (nSPS) is 18.9. The summed E-state index contributed by atoms with van der Waals surface area (Å²) in [6.45, 7) is 3.51. The number of nitrogens with zero attached hydrogens (tertiary/aromatic N) is 2. The molecule has 2 aliphatic heterocycles. The zero-order valence-corrected chi connectivity index (χ0v) is 21.4. The van der Waals surface area contributed by atoms with Gasteiger partial charge in [0.15, 0.2) is 0 Å². The van der Waals surface area contributed by atoms with Gasteiger partial charge in [-0.2, -0.15) is 0 Å². The van der Waals surface area contributed by atoms with Crippen LogP contribution in [0.15, 0.2) is 53.6 Å². The first-order chi connectivity index (χ1) is 17.9. The van der Waals surface area contributed by atoms with Gasteiger partial charge in [0.05, 0.1) is 23.1 Å². The van der Waals surface area contributed by atoms with E-state index in [1.165, 1.54) is 17.0 Å². The summed E-state index contributed by atoms with van der Waals surface area (Å²) in [5.41, 5.74) is 3.47. The summed E-state index contributed by atoms with van der Waals surface area (Å²) in [4.78, 5) is 40.0. The highest BCUT2D eigenvalue weighted by Crippen LogP contribution is 2.35. The third-order valence-electron chi connectivity index (χ3n) is 6.67. The number of imide groups is 1. The molecular weight excluding hydrogens is 493 g/mol. The number of aryl methyl sites for hydroxylation is 1. The van der Waals surface area contributed by atoms with E-state index in [0.29, 0.717) is 17.0 Å². The predicted molar refractivity (Wildman–Crippen MR) is 141 cm³/mol. The Kier molecular flexibility index (Phi) is 7.43. The molecular formula is C28H28FN3O4S. The number of nitrogens with one attached hydrogen (secondary N) is 1. The first kappa shape index (κ1) is 25.2. The van der Waals surface area contributed by atoms with Crippen LogP contribution in [0.2, 0.25) is 0 Å². The van der Waals surface area contributed by atoms with E-state index in [-0.39, 0.29) is 42.1 Å². The summed E-state index contributed by atoms with van der Waals surface area (Å²) < 4.78 is 20.7. The molecule has 3 amide bonds. The minimum Gasteiger partial charge on any atom is -0.376 e. The summed E-state index contributed by atoms with van der Waals surface area (Å²) in [5, 5.41) is 3.51. The van der Waals surface area contributed by atoms with Crippen molar-refractivity contribution >= 4 is 45.8 Å². The Bertz CT molecular complexity index is 1380. The molecule has 2 fully saturated rings. The molecule has 0 unspecified atom stereocenters. The van der Waals surface area contributed by atoms with E-state index >= 15 is 0 Å². The van der Waals surface area contributed by atoms with Gasteiger partial charge in [-0.25, -0.2) is 4.39 Å². The molecule has 2 aliphatic rings. The minimum absolute atomic E-state index is 0.0673. The van der Waals surface area contributed by atoms with E-state index in [1.807, 2.05) is 29.0 Å². The lowest BCUT2D eigenvalue weighted by Gasteiger charge is -2.12. The highest BCUT2D eigenvalue weighted by atomic mass is 32.2. The van der Waals surface area contributed by atoms with Crippen LogP contribution in [0.1, 0.15) is 36.5 Å². The zero-order chi connectivity index (χ0) is 25.9. The van der Waals surface area contributed by atoms with E-state index in [2.05, 4.69) is 12.2 Å². The SMILES string of the molecule is CCc1cccc2c(/C=C3\SC(=O)N(Cc4ccc(F)cc4)C3=O)cn(CC(=O)NC[C@@H]3CCCO3)c12. The van der Waals surface area contributed by atoms with Gasteiger partial charge in [0, 0.05) is 30.3 Å². The molecule has 37 heavy (non-hydrogen) atoms. The highest BCUT2D eigenvalue weighted by molar-refractivity contribution is 8.18. The molecule has 3 aromatic rings. The second-order valence-corrected chi connectivity index (χ2v) is 10.2. The van der Waals surface area contributed by atoms with Crippen molar-refractivity contribution in [3.05, 3.63) is 76.1 Å². The highest BCUT2D eigenvalue weighted by Gasteiger charge is 2.35. The van der Waals surface area contributed by atoms with Gasteiger partial charge in [-0.1, -0.05) is 37.3 Å². The average Bonchev–Trinajstić information content (AvgIpc) is 3.60. The van der Waals surface area contributed by atoms with Crippen molar-refractivity contribution in [2.24, 2.45) is 0 Å². The van der Waals surface area contributed by atoms with Crippen LogP contribution in [0.4, 0.5) is 9.18 Å². The van der Waals surface area contributed by atoms with Crippen molar-refractivity contribution in [1.29, 1.82) is 0 Å². The van der Waals surface area contributed by atoms with E-state index in [1.54, 1.807) is 18.2 Å². The first-order valence-corrected chi connectivity index (χ1v) is 13.2. The maximum atomic E-state index is 13.2. The number of thioether (sulfide) groups is 1. The summed E-state index contributed by atoms with van der Waals surface area (Å²) >= 11 is 0.885. The topological polar surface area (TPSA) is 80.6 Å². The van der Waals surface area contributed by atoms with Crippen LogP contribution in [-0.4, -0.2) is 45.8 Å². The lowest BCUT2D eigenvalue weighted by molar-refractivity contribution is -0.123. The number of aromatic nitrogens is 1. The Morgan fingerprint density at radius 1 is 1.22 bits per heavy atom. The number of carbonyl (C=O) groups excluding carboxylic acids is 3. The fourth-order valence-electron chi connectivity index (χ4n) is 4.78. The van der Waals surface area contributed by atoms with Gasteiger partial charge in [-0.15, -0.1) is 0 Å². The molecule has 5 rings (SSSR count). The maximum absolute atomic E-state index is 13.2. The fourth-order valence-corrected chi connectivity index (χ4v) is 5.61. The van der Waals surface area contributed by atoms with Crippen LogP contribution in [0.5, 0.6) is 0 Å². The van der Waals surface area contributed by atoms with Crippen LogP contribution in [0.25, 0.3) is 17.0 Å². The molecule has 9 heteroatoms. The van der Waals surface area contributed by atoms with Crippen LogP contribution < -0.4 is 5.32 Å². The van der Waals surface area contributed by atoms with E-state index in [4.69, 9.17) is 4.74 Å². The van der Waals surface area contributed by atoms with Gasteiger partial charge in [-0.3, -0.25) is 19.3 Å². The molecule has 0 aliphatic carbocycles. The third-order valence-corrected chi connectivity index (χ3v) is 7.58. The summed E-state index contributed by atoms with van der Waals surface area (Å²) in [7, 11) is 0. The number of hydrogen-bond acceptors (Lipinski definition) is 5. The number of fused-ring (bicyclic) bond motifs is 1. The monoisotopic (exact) mass is 521 g/mol. The molecule has 192 valence electrons. The second kappa shape index (κ2) is 10.9. The van der Waals surface area contributed by atoms with Gasteiger partial charge in [0.25, 0.3) is 11.1 Å². The smallest absolute Gasteiger partial charge is 0.293 e. The van der Waals surface area contributed by atoms with Crippen molar-refractivity contribution in [3.63, 3.8) is 0 Å². The molecule has 1 aromatic heterocycles. The van der Waals surface area contributed by atoms with Crippen molar-refractivity contribution in [2.75, 3.05) is 13.2 Å². The fraction of sp³-hybridized carbons (Fsp3) is 0.321. The Balaban J connectivity index is 1.40. The minimum atomic E-state index is -0.388. The van der Waals surface area contributed by atoms with Crippen molar-refractivity contribution < 1.29 is 23.5 Å². The number of carbonyl (C=O) groups is 3. The summed E-state index contributed by atoms with van der Waals surface area (Å²) in [6.07, 6.45) is 6.40. The number of hydrogen-bond donors (Lipinski definition) is 1. The second-order valence-electron chi connectivity index (χ2n) is 9.21. The number of benzene rings is 2. The third kappa shape index (κ3) is 5.47. The van der Waals surface area contributed by atoms with E-state index in [9.17, 15) is 18.8 Å². The summed E-state index contributed by atoms with van der Waals surface area (Å²) in [5.74, 6) is -0.869. The Labute approximate surface area is 218 Å². The molecule has 0 saturated carbocycles. The number of ether oxygens (including phenoxy) is 1. The number of amides is 3. The quantitative estimate of drug-likeness (QED) is 0.428. The van der Waals surface area contributed by atoms with Gasteiger partial charge >= 0.3 is 0 Å². The Morgan fingerprint density at radius 3 is 2.76 bits per heavy atom. The molecule has 1 N–H and O–H groups in total. The van der Waals surface area contributed by atoms with E-state index < -0.39 is 0 Å². The molecule has 0 radical (unpaired) electrons. The van der Waals surface area contributed by atoms with Crippen LogP contribution in [0.3, 0.4) is 0 Å². The molecule has 0 bridgehead atoms. The average molecular weight is 522 g/mol. The van der Waals surface area contributed by atoms with Crippen LogP contribution >= 0.6 is 11.8 Å². The number of halogens is 1. The molecule has 0 spiro atoms. The summed E-state index contributed by atoms with van der Waals surface area (Å²) in [6, 6.07) is 11.7. The van der Waals surface area contributed by atoms with Gasteiger partial charge in [-0.05, 0) is 60.4 Å². The molecule has 3 heterocycles. The zero-order valence-electron chi connectivity index (χ0n) is 20.5. The Morgan fingerprint density at radius 2 is 2.03 bits per heavy atom. The molecule has 2 aromatic carbocycles. The first-order valence-electron chi connectivity index (χ1n) is 12.4. The number of para-hydroxylation sites is 1. The van der Waals surface area contributed by atoms with Gasteiger partial charge < -0.3 is 14.6 Å². The van der Waals surface area contributed by atoms with E-state index in [0.717, 1.165) is 59.7 Å². The molecule has 1 atom stereocenters. The van der Waals surface area contributed by atoms with Gasteiger partial charge in [0.2, 0.25) is 5.91 Å². The van der Waals surface area contributed by atoms with Crippen LogP contribution in [0, 0.1) is 5.82 Å². The molecule has 7 nitrogen and oxygen atoms in total. The van der Waals surface area contributed by atoms with Gasteiger partial charge in [0.1, 0.15) is 12.4 Å². The molecule has 2 saturated heterocycles. The largest absolute Gasteiger partial charge is 0.376 e. The van der Waals surface area contributed by atoms with Crippen molar-refractivity contribution in [3.8, 4) is 0 Å².